The molecule has 0 fully saturated rings. The lowest BCUT2D eigenvalue weighted by molar-refractivity contribution is 0.379. The maximum atomic E-state index is 6.00. The van der Waals surface area contributed by atoms with E-state index in [0.29, 0.717) is 18.3 Å². The first kappa shape index (κ1) is 14.3. The maximum Gasteiger partial charge on any atom is 0.139 e. The third kappa shape index (κ3) is 3.92. The molecule has 0 aliphatic heterocycles. The molecule has 18 heavy (non-hydrogen) atoms. The van der Waals surface area contributed by atoms with Gasteiger partial charge in [0.2, 0.25) is 0 Å². The summed E-state index contributed by atoms with van der Waals surface area (Å²) in [6, 6.07) is 7.76. The lowest BCUT2D eigenvalue weighted by Gasteiger charge is -2.22. The Morgan fingerprint density at radius 1 is 1.39 bits per heavy atom. The Morgan fingerprint density at radius 3 is 2.61 bits per heavy atom. The van der Waals surface area contributed by atoms with E-state index in [-0.39, 0.29) is 0 Å². The summed E-state index contributed by atoms with van der Waals surface area (Å²) in [6.07, 6.45) is 0.752. The Hall–Kier alpha value is -1.75. The van der Waals surface area contributed by atoms with E-state index in [1.807, 2.05) is 24.3 Å². The molecule has 0 atom stereocenters. The molecule has 0 aliphatic rings. The number of benzene rings is 1. The van der Waals surface area contributed by atoms with E-state index >= 15 is 0 Å². The van der Waals surface area contributed by atoms with Gasteiger partial charge < -0.3 is 10.6 Å². The van der Waals surface area contributed by atoms with Gasteiger partial charge in [-0.15, -0.1) is 0 Å². The fraction of sp³-hybridized carbons (Fsp3) is 0.462. The number of rotatable bonds is 5. The number of hydrazone groups is 1. The smallest absolute Gasteiger partial charge is 0.139 e. The molecule has 1 rings (SSSR count). The summed E-state index contributed by atoms with van der Waals surface area (Å²) in [5.41, 5.74) is 1.01. The van der Waals surface area contributed by atoms with Gasteiger partial charge in [-0.25, -0.2) is 5.84 Å². The van der Waals surface area contributed by atoms with E-state index in [0.717, 1.165) is 17.7 Å². The quantitative estimate of drug-likeness (QED) is 0.361. The van der Waals surface area contributed by atoms with Gasteiger partial charge in [0.05, 0.1) is 13.7 Å². The summed E-state index contributed by atoms with van der Waals surface area (Å²) >= 11 is 0. The third-order valence-electron chi connectivity index (χ3n) is 2.60. The van der Waals surface area contributed by atoms with Crippen LogP contribution in [0.5, 0.6) is 5.75 Å². The summed E-state index contributed by atoms with van der Waals surface area (Å²) in [6.45, 7) is 4.72. The summed E-state index contributed by atoms with van der Waals surface area (Å²) < 4.78 is 5.29. The van der Waals surface area contributed by atoms with Crippen LogP contribution in [0.1, 0.15) is 25.8 Å². The molecule has 100 valence electrons. The number of nitrogens with two attached hydrogens (primary N) is 2. The summed E-state index contributed by atoms with van der Waals surface area (Å²) in [4.78, 5) is 0. The Labute approximate surface area is 108 Å². The molecule has 0 saturated heterocycles. The minimum absolute atomic E-state index is 0.455. The molecule has 5 heteroatoms. The number of amidine groups is 1. The molecule has 1 aromatic rings. The second-order valence-corrected chi connectivity index (χ2v) is 4.58. The van der Waals surface area contributed by atoms with Gasteiger partial charge in [0.25, 0.3) is 0 Å². The Kier molecular flexibility index (Phi) is 5.45. The minimum Gasteiger partial charge on any atom is -0.496 e. The van der Waals surface area contributed by atoms with Crippen molar-refractivity contribution in [1.29, 1.82) is 0 Å². The molecule has 5 nitrogen and oxygen atoms in total. The van der Waals surface area contributed by atoms with Crippen molar-refractivity contribution in [3.05, 3.63) is 29.8 Å². The van der Waals surface area contributed by atoms with Crippen molar-refractivity contribution in [2.45, 2.75) is 26.8 Å². The van der Waals surface area contributed by atoms with E-state index in [9.17, 15) is 0 Å². The van der Waals surface area contributed by atoms with Crippen LogP contribution in [0.2, 0.25) is 0 Å². The topological polar surface area (TPSA) is 76.9 Å². The van der Waals surface area contributed by atoms with E-state index < -0.39 is 0 Å². The van der Waals surface area contributed by atoms with E-state index in [1.54, 1.807) is 12.1 Å². The molecule has 0 radical (unpaired) electrons. The van der Waals surface area contributed by atoms with Gasteiger partial charge >= 0.3 is 0 Å². The molecule has 1 aromatic carbocycles. The number of hydrazine groups is 1. The molecular weight excluding hydrogens is 228 g/mol. The maximum absolute atomic E-state index is 6.00. The fourth-order valence-corrected chi connectivity index (χ4v) is 1.72. The first-order valence-electron chi connectivity index (χ1n) is 5.99. The average molecular weight is 250 g/mol. The van der Waals surface area contributed by atoms with Crippen molar-refractivity contribution >= 4 is 5.84 Å². The number of ether oxygens (including phenoxy) is 1. The third-order valence-corrected chi connectivity index (χ3v) is 2.60. The molecule has 0 bridgehead atoms. The number of para-hydroxylation sites is 1. The molecule has 0 saturated carbocycles. The van der Waals surface area contributed by atoms with Crippen LogP contribution in [0.25, 0.3) is 0 Å². The van der Waals surface area contributed by atoms with Gasteiger partial charge in [0.15, 0.2) is 0 Å². The number of hydrogen-bond donors (Lipinski definition) is 2. The molecule has 0 amide bonds. The zero-order valence-electron chi connectivity index (χ0n) is 11.3. The van der Waals surface area contributed by atoms with Gasteiger partial charge in [-0.2, -0.15) is 5.10 Å². The number of nitrogens with zero attached hydrogens (tertiary/aromatic N) is 2. The molecule has 0 heterocycles. The van der Waals surface area contributed by atoms with Crippen molar-refractivity contribution < 1.29 is 4.74 Å². The summed E-state index contributed by atoms with van der Waals surface area (Å²) in [5.74, 6) is 13.3. The monoisotopic (exact) mass is 250 g/mol. The summed E-state index contributed by atoms with van der Waals surface area (Å²) in [7, 11) is 1.64. The molecular formula is C13H22N4O. The van der Waals surface area contributed by atoms with Crippen LogP contribution in [-0.2, 0) is 6.54 Å². The highest BCUT2D eigenvalue weighted by atomic mass is 16.5. The molecule has 0 aromatic heterocycles. The lowest BCUT2D eigenvalue weighted by Crippen LogP contribution is -2.38. The van der Waals surface area contributed by atoms with Gasteiger partial charge in [0.1, 0.15) is 11.6 Å². The standard InChI is InChI=1S/C13H22N4O/c1-10(2)8-13(16-14)17(15)9-11-6-4-5-7-12(11)18-3/h4-7,10H,8-9,14-15H2,1-3H3/b16-13-. The van der Waals surface area contributed by atoms with E-state index in [2.05, 4.69) is 18.9 Å². The van der Waals surface area contributed by atoms with Gasteiger partial charge in [0, 0.05) is 12.0 Å². The number of hydrogen-bond acceptors (Lipinski definition) is 4. The molecule has 0 unspecified atom stereocenters. The predicted molar refractivity (Wildman–Crippen MR) is 73.8 cm³/mol. The van der Waals surface area contributed by atoms with E-state index in [1.165, 1.54) is 0 Å². The van der Waals surface area contributed by atoms with Crippen molar-refractivity contribution in [1.82, 2.24) is 5.01 Å². The normalized spacial score (nSPS) is 11.7. The second-order valence-electron chi connectivity index (χ2n) is 4.58. The predicted octanol–water partition coefficient (Wildman–Crippen LogP) is 1.69. The van der Waals surface area contributed by atoms with Gasteiger partial charge in [-0.1, -0.05) is 32.0 Å². The van der Waals surface area contributed by atoms with Crippen molar-refractivity contribution in [3.63, 3.8) is 0 Å². The first-order chi connectivity index (χ1) is 8.58. The molecule has 0 aliphatic carbocycles. The van der Waals surface area contributed by atoms with Gasteiger partial charge in [-0.05, 0) is 12.0 Å². The molecule has 4 N–H and O–H groups in total. The SMILES string of the molecule is COc1ccccc1CN(N)/C(CC(C)C)=N\N. The van der Waals surface area contributed by atoms with Crippen LogP contribution in [-0.4, -0.2) is 18.0 Å². The Morgan fingerprint density at radius 2 is 2.06 bits per heavy atom. The van der Waals surface area contributed by atoms with E-state index in [4.69, 9.17) is 16.4 Å². The highest BCUT2D eigenvalue weighted by Crippen LogP contribution is 2.19. The highest BCUT2D eigenvalue weighted by Gasteiger charge is 2.12. The van der Waals surface area contributed by atoms with Crippen LogP contribution >= 0.6 is 0 Å². The first-order valence-corrected chi connectivity index (χ1v) is 5.99. The second kappa shape index (κ2) is 6.86. The lowest BCUT2D eigenvalue weighted by atomic mass is 10.1. The van der Waals surface area contributed by atoms with Crippen molar-refractivity contribution in [3.8, 4) is 5.75 Å². The van der Waals surface area contributed by atoms with Crippen LogP contribution < -0.4 is 16.4 Å². The van der Waals surface area contributed by atoms with Crippen LogP contribution in [0.3, 0.4) is 0 Å². The Bertz CT molecular complexity index is 404. The van der Waals surface area contributed by atoms with Crippen molar-refractivity contribution in [2.75, 3.05) is 7.11 Å². The Balaban J connectivity index is 2.77. The average Bonchev–Trinajstić information content (AvgIpc) is 2.36. The number of methoxy groups -OCH3 is 1. The molecule has 0 spiro atoms. The largest absolute Gasteiger partial charge is 0.496 e. The fourth-order valence-electron chi connectivity index (χ4n) is 1.72. The summed E-state index contributed by atoms with van der Waals surface area (Å²) in [5, 5.41) is 5.32. The van der Waals surface area contributed by atoms with Crippen LogP contribution in [0.4, 0.5) is 0 Å². The zero-order chi connectivity index (χ0) is 13.5. The minimum atomic E-state index is 0.455. The van der Waals surface area contributed by atoms with Crippen LogP contribution in [0, 0.1) is 5.92 Å². The zero-order valence-corrected chi connectivity index (χ0v) is 11.3. The van der Waals surface area contributed by atoms with Gasteiger partial charge in [-0.3, -0.25) is 5.01 Å². The van der Waals surface area contributed by atoms with Crippen molar-refractivity contribution in [2.24, 2.45) is 22.7 Å². The van der Waals surface area contributed by atoms with Crippen LogP contribution in [0.15, 0.2) is 29.4 Å². The highest BCUT2D eigenvalue weighted by molar-refractivity contribution is 5.81.